The van der Waals surface area contributed by atoms with Crippen molar-refractivity contribution < 1.29 is 39.6 Å². The Morgan fingerprint density at radius 1 is 1.29 bits per heavy atom. The number of hydrogen-bond acceptors (Lipinski definition) is 9. The highest BCUT2D eigenvalue weighted by Crippen LogP contribution is 2.53. The molecule has 0 fully saturated rings. The summed E-state index contributed by atoms with van der Waals surface area (Å²) in [7, 11) is 3.10. The Kier molecular flexibility index (Phi) is 6.68. The molecule has 0 bridgehead atoms. The number of phenolic OH excluding ortho intramolecular Hbond substituents is 1. The number of halogens is 2. The predicted molar refractivity (Wildman–Crippen MR) is 126 cm³/mol. The van der Waals surface area contributed by atoms with E-state index in [-0.39, 0.29) is 53.5 Å². The third-order valence-electron chi connectivity index (χ3n) is 6.87. The van der Waals surface area contributed by atoms with Gasteiger partial charge in [-0.25, -0.2) is 0 Å². The van der Waals surface area contributed by atoms with Crippen LogP contribution in [0.4, 0.5) is 5.69 Å². The van der Waals surface area contributed by atoms with E-state index in [1.54, 1.807) is 14.1 Å². The van der Waals surface area contributed by atoms with E-state index in [1.165, 1.54) is 11.0 Å². The van der Waals surface area contributed by atoms with Crippen LogP contribution >= 0.6 is 24.0 Å². The third kappa shape index (κ3) is 3.49. The predicted octanol–water partition coefficient (Wildman–Crippen LogP) is 0.764. The lowest BCUT2D eigenvalue weighted by Gasteiger charge is -2.50. The van der Waals surface area contributed by atoms with Gasteiger partial charge in [0.1, 0.15) is 22.8 Å². The standard InChI is InChI=1S/C22H22ClN3O8.ClH/c1-26(2)15-9-4-7-3-8-5-10(23)14(25-6-27)17(29)11(8)16(28)12(7)19(31)22(9,34)20(32)13(18(15)30)21(24)33;/h5-7,9,15,29-31,34H,3-4H2,1-2H3,(H2,24,33)(H,25,27);1H. The molecule has 4 rings (SSSR count). The van der Waals surface area contributed by atoms with Gasteiger partial charge in [-0.15, -0.1) is 12.4 Å². The van der Waals surface area contributed by atoms with Crippen molar-refractivity contribution in [2.75, 3.05) is 19.4 Å². The summed E-state index contributed by atoms with van der Waals surface area (Å²) >= 11 is 6.15. The number of anilines is 1. The zero-order chi connectivity index (χ0) is 25.3. The number of fused-ring (bicyclic) bond motifs is 3. The zero-order valence-corrected chi connectivity index (χ0v) is 20.1. The molecular formula is C22H23Cl2N3O8. The minimum absolute atomic E-state index is 0. The molecule has 0 heterocycles. The van der Waals surface area contributed by atoms with Gasteiger partial charge >= 0.3 is 0 Å². The number of phenols is 1. The highest BCUT2D eigenvalue weighted by Gasteiger charge is 2.63. The number of nitrogens with two attached hydrogens (primary N) is 1. The van der Waals surface area contributed by atoms with E-state index in [9.17, 15) is 39.6 Å². The molecular weight excluding hydrogens is 505 g/mol. The Morgan fingerprint density at radius 3 is 2.46 bits per heavy atom. The average molecular weight is 528 g/mol. The van der Waals surface area contributed by atoms with Crippen LogP contribution in [0.3, 0.4) is 0 Å². The van der Waals surface area contributed by atoms with Gasteiger partial charge in [-0.3, -0.25) is 24.1 Å². The molecule has 3 aliphatic rings. The molecule has 188 valence electrons. The fourth-order valence-corrected chi connectivity index (χ4v) is 5.74. The van der Waals surface area contributed by atoms with Gasteiger partial charge in [-0.2, -0.15) is 0 Å². The molecule has 0 saturated heterocycles. The van der Waals surface area contributed by atoms with Crippen LogP contribution < -0.4 is 11.1 Å². The summed E-state index contributed by atoms with van der Waals surface area (Å²) in [6.07, 6.45) is 0.335. The quantitative estimate of drug-likeness (QED) is 0.186. The molecule has 0 spiro atoms. The number of amides is 2. The van der Waals surface area contributed by atoms with Crippen LogP contribution in [-0.4, -0.2) is 74.9 Å². The molecule has 3 aliphatic carbocycles. The van der Waals surface area contributed by atoms with E-state index in [0.29, 0.717) is 5.56 Å². The number of Topliss-reactive ketones (excluding diaryl/α,β-unsaturated/α-hetero) is 2. The Bertz CT molecular complexity index is 1240. The van der Waals surface area contributed by atoms with Crippen LogP contribution in [-0.2, 0) is 20.8 Å². The highest BCUT2D eigenvalue weighted by atomic mass is 35.5. The maximum atomic E-state index is 13.4. The second kappa shape index (κ2) is 8.83. The van der Waals surface area contributed by atoms with Crippen molar-refractivity contribution in [3.05, 3.63) is 44.9 Å². The molecule has 4 atom stereocenters. The number of ketones is 2. The van der Waals surface area contributed by atoms with E-state index in [0.717, 1.165) is 0 Å². The minimum Gasteiger partial charge on any atom is -0.510 e. The fraction of sp³-hybridized carbons (Fsp3) is 0.364. The third-order valence-corrected chi connectivity index (χ3v) is 7.17. The summed E-state index contributed by atoms with van der Waals surface area (Å²) in [6, 6.07) is 0.342. The molecule has 2 amide bonds. The number of benzene rings is 1. The number of nitrogens with zero attached hydrogens (tertiary/aromatic N) is 1. The van der Waals surface area contributed by atoms with Crippen LogP contribution in [0.1, 0.15) is 22.3 Å². The number of likely N-dealkylation sites (N-methyl/N-ethyl adjacent to an activating group) is 1. The molecule has 13 heteroatoms. The Morgan fingerprint density at radius 2 is 1.91 bits per heavy atom. The lowest BCUT2D eigenvalue weighted by Crippen LogP contribution is -2.63. The van der Waals surface area contributed by atoms with E-state index in [1.807, 2.05) is 0 Å². The van der Waals surface area contributed by atoms with Gasteiger partial charge in [0.2, 0.25) is 12.2 Å². The molecule has 1 aromatic carbocycles. The number of rotatable bonds is 4. The summed E-state index contributed by atoms with van der Waals surface area (Å²) in [5, 5.41) is 46.2. The van der Waals surface area contributed by atoms with E-state index in [4.69, 9.17) is 17.3 Å². The van der Waals surface area contributed by atoms with Crippen molar-refractivity contribution in [3.8, 4) is 5.75 Å². The number of hydrogen-bond donors (Lipinski definition) is 6. The molecule has 0 radical (unpaired) electrons. The Labute approximate surface area is 210 Å². The van der Waals surface area contributed by atoms with Gasteiger partial charge in [-0.05, 0) is 44.5 Å². The molecule has 11 nitrogen and oxygen atoms in total. The molecule has 0 aromatic heterocycles. The number of aliphatic hydroxyl groups excluding tert-OH is 2. The maximum absolute atomic E-state index is 13.4. The van der Waals surface area contributed by atoms with Gasteiger partial charge in [0, 0.05) is 11.5 Å². The molecule has 4 unspecified atom stereocenters. The number of primary amides is 1. The van der Waals surface area contributed by atoms with Gasteiger partial charge in [0.05, 0.1) is 16.6 Å². The monoisotopic (exact) mass is 527 g/mol. The zero-order valence-electron chi connectivity index (χ0n) is 18.5. The minimum atomic E-state index is -2.71. The maximum Gasteiger partial charge on any atom is 0.255 e. The smallest absolute Gasteiger partial charge is 0.255 e. The number of carbonyl (C=O) groups excluding carboxylic acids is 4. The summed E-state index contributed by atoms with van der Waals surface area (Å²) in [5.74, 6) is -7.51. The van der Waals surface area contributed by atoms with E-state index >= 15 is 0 Å². The number of carbonyl (C=O) groups is 4. The normalized spacial score (nSPS) is 27.6. The summed E-state index contributed by atoms with van der Waals surface area (Å²) < 4.78 is 0. The first-order valence-corrected chi connectivity index (χ1v) is 10.6. The Balaban J connectivity index is 0.00000342. The van der Waals surface area contributed by atoms with Crippen molar-refractivity contribution >= 4 is 53.6 Å². The lowest BCUT2D eigenvalue weighted by atomic mass is 9.58. The molecule has 0 aliphatic heterocycles. The van der Waals surface area contributed by atoms with Crippen molar-refractivity contribution in [2.24, 2.45) is 17.6 Å². The van der Waals surface area contributed by atoms with Gasteiger partial charge < -0.3 is 31.5 Å². The topological polar surface area (TPSA) is 190 Å². The number of aliphatic hydroxyl groups is 3. The number of allylic oxidation sites excluding steroid dienone is 1. The SMILES string of the molecule is CN(C)C1C(O)=C(C(N)=O)C(=O)C2(O)C(O)=C3C(=O)c4c(cc(Cl)c(NC=O)c4O)CC3CC12.Cl. The van der Waals surface area contributed by atoms with Crippen LogP contribution in [0.5, 0.6) is 5.75 Å². The molecule has 7 N–H and O–H groups in total. The van der Waals surface area contributed by atoms with Gasteiger partial charge in [0.15, 0.2) is 17.1 Å². The summed E-state index contributed by atoms with van der Waals surface area (Å²) in [5.41, 5.74) is 1.30. The largest absolute Gasteiger partial charge is 0.510 e. The second-order valence-electron chi connectivity index (χ2n) is 8.84. The molecule has 35 heavy (non-hydrogen) atoms. The van der Waals surface area contributed by atoms with Crippen molar-refractivity contribution in [2.45, 2.75) is 24.5 Å². The first kappa shape index (κ1) is 26.5. The van der Waals surface area contributed by atoms with Crippen LogP contribution in [0, 0.1) is 11.8 Å². The summed E-state index contributed by atoms with van der Waals surface area (Å²) in [6.45, 7) is 0. The molecule has 0 saturated carbocycles. The number of nitrogens with one attached hydrogen (secondary N) is 1. The second-order valence-corrected chi connectivity index (χ2v) is 9.25. The fourth-order valence-electron chi connectivity index (χ4n) is 5.47. The average Bonchev–Trinajstić information content (AvgIpc) is 2.73. The van der Waals surface area contributed by atoms with Gasteiger partial charge in [-0.1, -0.05) is 11.6 Å². The lowest BCUT2D eigenvalue weighted by molar-refractivity contribution is -0.148. The van der Waals surface area contributed by atoms with Crippen molar-refractivity contribution in [3.63, 3.8) is 0 Å². The molecule has 1 aromatic rings. The van der Waals surface area contributed by atoms with Gasteiger partial charge in [0.25, 0.3) is 5.91 Å². The van der Waals surface area contributed by atoms with Crippen LogP contribution in [0.2, 0.25) is 5.02 Å². The van der Waals surface area contributed by atoms with E-state index < -0.39 is 63.8 Å². The number of aromatic hydroxyl groups is 1. The van der Waals surface area contributed by atoms with Crippen molar-refractivity contribution in [1.82, 2.24) is 4.90 Å². The van der Waals surface area contributed by atoms with E-state index in [2.05, 4.69) is 5.32 Å². The Hall–Kier alpha value is -3.12. The first-order chi connectivity index (χ1) is 15.9. The van der Waals surface area contributed by atoms with Crippen molar-refractivity contribution in [1.29, 1.82) is 0 Å². The first-order valence-electron chi connectivity index (χ1n) is 10.3. The highest BCUT2D eigenvalue weighted by molar-refractivity contribution is 6.34. The van der Waals surface area contributed by atoms with Crippen LogP contribution in [0.15, 0.2) is 28.7 Å². The van der Waals surface area contributed by atoms with Crippen LogP contribution in [0.25, 0.3) is 0 Å². The summed E-state index contributed by atoms with van der Waals surface area (Å²) in [4.78, 5) is 50.9.